The molecule has 0 amide bonds. The van der Waals surface area contributed by atoms with Crippen LogP contribution >= 0.6 is 23.2 Å². The lowest BCUT2D eigenvalue weighted by molar-refractivity contribution is 0.414. The first kappa shape index (κ1) is 16.2. The number of methoxy groups -OCH3 is 1. The molecule has 0 saturated heterocycles. The highest BCUT2D eigenvalue weighted by Gasteiger charge is 2.15. The lowest BCUT2D eigenvalue weighted by Gasteiger charge is -2.20. The molecule has 21 heavy (non-hydrogen) atoms. The van der Waals surface area contributed by atoms with Gasteiger partial charge in [-0.05, 0) is 54.4 Å². The van der Waals surface area contributed by atoms with E-state index in [1.54, 1.807) is 7.11 Å². The van der Waals surface area contributed by atoms with Gasteiger partial charge in [0.05, 0.1) is 18.2 Å². The molecule has 1 N–H and O–H groups in total. The maximum Gasteiger partial charge on any atom is 0.137 e. The molecule has 2 aromatic carbocycles. The van der Waals surface area contributed by atoms with E-state index in [1.807, 2.05) is 37.3 Å². The van der Waals surface area contributed by atoms with E-state index < -0.39 is 0 Å². The van der Waals surface area contributed by atoms with Crippen molar-refractivity contribution in [3.05, 3.63) is 63.1 Å². The molecule has 2 nitrogen and oxygen atoms in total. The molecule has 0 radical (unpaired) electrons. The molecule has 0 heterocycles. The van der Waals surface area contributed by atoms with Gasteiger partial charge in [0.2, 0.25) is 0 Å². The minimum atomic E-state index is 0.0542. The molecule has 2 aromatic rings. The van der Waals surface area contributed by atoms with Crippen molar-refractivity contribution >= 4 is 23.2 Å². The van der Waals surface area contributed by atoms with Gasteiger partial charge in [0.25, 0.3) is 0 Å². The Balaban J connectivity index is 2.47. The minimum Gasteiger partial charge on any atom is -0.495 e. The van der Waals surface area contributed by atoms with Crippen LogP contribution in [0.3, 0.4) is 0 Å². The minimum absolute atomic E-state index is 0.0542. The van der Waals surface area contributed by atoms with Gasteiger partial charge < -0.3 is 10.1 Å². The largest absolute Gasteiger partial charge is 0.495 e. The third-order valence-electron chi connectivity index (χ3n) is 3.31. The van der Waals surface area contributed by atoms with Gasteiger partial charge in [-0.2, -0.15) is 0 Å². The number of halogens is 2. The van der Waals surface area contributed by atoms with Gasteiger partial charge in [-0.15, -0.1) is 0 Å². The molecule has 0 aromatic heterocycles. The zero-order valence-corrected chi connectivity index (χ0v) is 13.9. The van der Waals surface area contributed by atoms with Crippen molar-refractivity contribution in [3.63, 3.8) is 0 Å². The number of ether oxygens (including phenoxy) is 1. The van der Waals surface area contributed by atoms with Crippen LogP contribution in [0, 0.1) is 6.92 Å². The molecule has 0 spiro atoms. The summed E-state index contributed by atoms with van der Waals surface area (Å²) in [5.74, 6) is 0.677. The van der Waals surface area contributed by atoms with Crippen molar-refractivity contribution in [1.82, 2.24) is 5.32 Å². The zero-order chi connectivity index (χ0) is 15.4. The number of benzene rings is 2. The van der Waals surface area contributed by atoms with Gasteiger partial charge in [0.1, 0.15) is 5.75 Å². The number of aryl methyl sites for hydroxylation is 1. The van der Waals surface area contributed by atoms with E-state index in [2.05, 4.69) is 18.3 Å². The van der Waals surface area contributed by atoms with Crippen molar-refractivity contribution in [2.45, 2.75) is 19.9 Å². The molecule has 1 unspecified atom stereocenters. The van der Waals surface area contributed by atoms with Crippen LogP contribution in [0.15, 0.2) is 36.4 Å². The molecular weight excluding hydrogens is 305 g/mol. The van der Waals surface area contributed by atoms with Crippen LogP contribution in [0.1, 0.15) is 29.7 Å². The Kier molecular flexibility index (Phi) is 5.51. The van der Waals surface area contributed by atoms with Crippen molar-refractivity contribution < 1.29 is 4.74 Å². The third kappa shape index (κ3) is 3.91. The second-order valence-corrected chi connectivity index (χ2v) is 5.79. The molecule has 0 aliphatic carbocycles. The van der Waals surface area contributed by atoms with Crippen molar-refractivity contribution in [2.75, 3.05) is 13.7 Å². The summed E-state index contributed by atoms with van der Waals surface area (Å²) in [5.41, 5.74) is 3.37. The molecule has 0 aliphatic heterocycles. The van der Waals surface area contributed by atoms with E-state index >= 15 is 0 Å². The van der Waals surface area contributed by atoms with E-state index in [0.717, 1.165) is 28.3 Å². The van der Waals surface area contributed by atoms with Crippen LogP contribution in [0.5, 0.6) is 5.75 Å². The van der Waals surface area contributed by atoms with Gasteiger partial charge in [0.15, 0.2) is 0 Å². The monoisotopic (exact) mass is 323 g/mol. The fraction of sp³-hybridized carbons (Fsp3) is 0.294. The first-order valence-electron chi connectivity index (χ1n) is 6.89. The third-order valence-corrected chi connectivity index (χ3v) is 3.85. The van der Waals surface area contributed by atoms with Crippen molar-refractivity contribution in [2.24, 2.45) is 0 Å². The second-order valence-electron chi connectivity index (χ2n) is 4.95. The van der Waals surface area contributed by atoms with Crippen LogP contribution in [-0.4, -0.2) is 13.7 Å². The Labute approximate surface area is 136 Å². The highest BCUT2D eigenvalue weighted by molar-refractivity contribution is 6.32. The SMILES string of the molecule is CCNC(c1cc(C)cc(Cl)c1)c1ccc(Cl)c(OC)c1. The van der Waals surface area contributed by atoms with Gasteiger partial charge in [-0.1, -0.05) is 42.3 Å². The first-order valence-corrected chi connectivity index (χ1v) is 7.64. The standard InChI is InChI=1S/C17H19Cl2NO/c1-4-20-17(13-7-11(2)8-14(18)9-13)12-5-6-15(19)16(10-12)21-3/h5-10,17,20H,4H2,1-3H3. The summed E-state index contributed by atoms with van der Waals surface area (Å²) in [6, 6.07) is 12.0. The first-order chi connectivity index (χ1) is 10.0. The number of nitrogens with one attached hydrogen (secondary N) is 1. The lowest BCUT2D eigenvalue weighted by atomic mass is 9.97. The quantitative estimate of drug-likeness (QED) is 0.835. The number of hydrogen-bond donors (Lipinski definition) is 1. The zero-order valence-electron chi connectivity index (χ0n) is 12.4. The molecule has 112 valence electrons. The number of rotatable bonds is 5. The molecular formula is C17H19Cl2NO. The molecule has 0 aliphatic rings. The summed E-state index contributed by atoms with van der Waals surface area (Å²) in [6.07, 6.45) is 0. The van der Waals surface area contributed by atoms with Gasteiger partial charge in [-0.3, -0.25) is 0 Å². The Morgan fingerprint density at radius 1 is 1.10 bits per heavy atom. The molecule has 0 bridgehead atoms. The molecule has 0 saturated carbocycles. The normalized spacial score (nSPS) is 12.2. The topological polar surface area (TPSA) is 21.3 Å². The smallest absolute Gasteiger partial charge is 0.137 e. The average molecular weight is 324 g/mol. The molecule has 4 heteroatoms. The van der Waals surface area contributed by atoms with Crippen molar-refractivity contribution in [1.29, 1.82) is 0 Å². The summed E-state index contributed by atoms with van der Waals surface area (Å²) in [6.45, 7) is 4.97. The van der Waals surface area contributed by atoms with Crippen LogP contribution in [0.25, 0.3) is 0 Å². The fourth-order valence-corrected chi connectivity index (χ4v) is 2.91. The van der Waals surface area contributed by atoms with E-state index in [-0.39, 0.29) is 6.04 Å². The van der Waals surface area contributed by atoms with Gasteiger partial charge >= 0.3 is 0 Å². The Morgan fingerprint density at radius 2 is 1.86 bits per heavy atom. The summed E-state index contributed by atoms with van der Waals surface area (Å²) >= 11 is 12.3. The van der Waals surface area contributed by atoms with Gasteiger partial charge in [0, 0.05) is 5.02 Å². The van der Waals surface area contributed by atoms with Crippen molar-refractivity contribution in [3.8, 4) is 5.75 Å². The summed E-state index contributed by atoms with van der Waals surface area (Å²) in [7, 11) is 1.62. The summed E-state index contributed by atoms with van der Waals surface area (Å²) < 4.78 is 5.31. The van der Waals surface area contributed by atoms with E-state index in [1.165, 1.54) is 0 Å². The lowest BCUT2D eigenvalue weighted by Crippen LogP contribution is -2.22. The Bertz CT molecular complexity index is 608. The van der Waals surface area contributed by atoms with Crippen LogP contribution < -0.4 is 10.1 Å². The second kappa shape index (κ2) is 7.17. The highest BCUT2D eigenvalue weighted by atomic mass is 35.5. The maximum absolute atomic E-state index is 6.19. The predicted molar refractivity (Wildman–Crippen MR) is 89.7 cm³/mol. The molecule has 2 rings (SSSR count). The highest BCUT2D eigenvalue weighted by Crippen LogP contribution is 2.31. The Morgan fingerprint density at radius 3 is 2.48 bits per heavy atom. The summed E-state index contributed by atoms with van der Waals surface area (Å²) in [4.78, 5) is 0. The Hall–Kier alpha value is -1.22. The van der Waals surface area contributed by atoms with E-state index in [4.69, 9.17) is 27.9 Å². The fourth-order valence-electron chi connectivity index (χ4n) is 2.42. The predicted octanol–water partition coefficient (Wildman–Crippen LogP) is 5.01. The van der Waals surface area contributed by atoms with Gasteiger partial charge in [-0.25, -0.2) is 0 Å². The van der Waals surface area contributed by atoms with Crippen LogP contribution in [0.4, 0.5) is 0 Å². The maximum atomic E-state index is 6.19. The molecule has 0 fully saturated rings. The molecule has 1 atom stereocenters. The summed E-state index contributed by atoms with van der Waals surface area (Å²) in [5, 5.41) is 4.84. The average Bonchev–Trinajstić information content (AvgIpc) is 2.44. The van der Waals surface area contributed by atoms with E-state index in [0.29, 0.717) is 10.8 Å². The van der Waals surface area contributed by atoms with E-state index in [9.17, 15) is 0 Å². The van der Waals surface area contributed by atoms with Crippen LogP contribution in [0.2, 0.25) is 10.0 Å². The van der Waals surface area contributed by atoms with Crippen LogP contribution in [-0.2, 0) is 0 Å². The number of hydrogen-bond acceptors (Lipinski definition) is 2.